The highest BCUT2D eigenvalue weighted by molar-refractivity contribution is 5.75. The number of nitrogens with one attached hydrogen (secondary N) is 1. The zero-order chi connectivity index (χ0) is 23.0. The molecule has 1 aromatic carbocycles. The number of nitrogens with zero attached hydrogens (tertiary/aromatic N) is 3. The molecule has 0 bridgehead atoms. The van der Waals surface area contributed by atoms with Crippen LogP contribution in [0.5, 0.6) is 11.5 Å². The number of hydrogen-bond donors (Lipinski definition) is 2. The van der Waals surface area contributed by atoms with Crippen molar-refractivity contribution in [3.8, 4) is 11.5 Å². The van der Waals surface area contributed by atoms with Gasteiger partial charge in [-0.2, -0.15) is 0 Å². The van der Waals surface area contributed by atoms with Gasteiger partial charge in [-0.1, -0.05) is 18.2 Å². The van der Waals surface area contributed by atoms with Crippen molar-refractivity contribution in [2.24, 2.45) is 5.73 Å². The van der Waals surface area contributed by atoms with Gasteiger partial charge in [-0.3, -0.25) is 9.69 Å². The number of aromatic nitrogens is 2. The molecule has 172 valence electrons. The molecule has 1 aliphatic heterocycles. The Balaban J connectivity index is 1.33. The van der Waals surface area contributed by atoms with Crippen LogP contribution >= 0.6 is 0 Å². The molecule has 3 N–H and O–H groups in total. The van der Waals surface area contributed by atoms with Gasteiger partial charge < -0.3 is 20.5 Å². The van der Waals surface area contributed by atoms with Crippen LogP contribution in [-0.2, 0) is 11.3 Å². The maximum atomic E-state index is 11.0. The summed E-state index contributed by atoms with van der Waals surface area (Å²) in [5.41, 5.74) is 7.41. The molecule has 0 spiro atoms. The van der Waals surface area contributed by atoms with Crippen LogP contribution in [0.1, 0.15) is 30.0 Å². The zero-order valence-electron chi connectivity index (χ0n) is 18.7. The fourth-order valence-electron chi connectivity index (χ4n) is 4.04. The number of pyridine rings is 2. The van der Waals surface area contributed by atoms with Crippen LogP contribution in [-0.4, -0.2) is 47.6 Å². The average Bonchev–Trinajstić information content (AvgIpc) is 2.84. The summed E-state index contributed by atoms with van der Waals surface area (Å²) in [5, 5.41) is 3.27. The topological polar surface area (TPSA) is 103 Å². The van der Waals surface area contributed by atoms with Gasteiger partial charge >= 0.3 is 0 Å². The number of likely N-dealkylation sites (tertiary alicyclic amines) is 1. The van der Waals surface area contributed by atoms with E-state index < -0.39 is 5.91 Å². The molecule has 3 aromatic rings. The maximum Gasteiger partial charge on any atom is 0.255 e. The Morgan fingerprint density at radius 2 is 1.91 bits per heavy atom. The van der Waals surface area contributed by atoms with Gasteiger partial charge in [0.1, 0.15) is 11.6 Å². The lowest BCUT2D eigenvalue weighted by molar-refractivity contribution is -0.119. The van der Waals surface area contributed by atoms with Crippen molar-refractivity contribution in [1.82, 2.24) is 14.9 Å². The summed E-state index contributed by atoms with van der Waals surface area (Å²) in [5.74, 6) is 2.65. The summed E-state index contributed by atoms with van der Waals surface area (Å²) in [6.45, 7) is 2.64. The molecule has 33 heavy (non-hydrogen) atoms. The second-order valence-electron chi connectivity index (χ2n) is 8.08. The first-order chi connectivity index (χ1) is 16.1. The van der Waals surface area contributed by atoms with Crippen molar-refractivity contribution in [3.05, 3.63) is 72.1 Å². The van der Waals surface area contributed by atoms with Crippen LogP contribution in [0.3, 0.4) is 0 Å². The second kappa shape index (κ2) is 10.8. The molecule has 3 heterocycles. The Morgan fingerprint density at radius 3 is 2.64 bits per heavy atom. The monoisotopic (exact) mass is 447 g/mol. The number of anilines is 2. The molecule has 0 saturated carbocycles. The lowest BCUT2D eigenvalue weighted by Gasteiger charge is -2.32. The van der Waals surface area contributed by atoms with Crippen molar-refractivity contribution in [2.45, 2.75) is 25.3 Å². The largest absolute Gasteiger partial charge is 0.493 e. The van der Waals surface area contributed by atoms with Crippen LogP contribution in [0.2, 0.25) is 0 Å². The summed E-state index contributed by atoms with van der Waals surface area (Å²) in [6, 6.07) is 17.7. The predicted octanol–water partition coefficient (Wildman–Crippen LogP) is 3.47. The normalized spacial score (nSPS) is 14.6. The Labute approximate surface area is 193 Å². The van der Waals surface area contributed by atoms with E-state index in [2.05, 4.69) is 21.3 Å². The first kappa shape index (κ1) is 22.5. The molecular weight excluding hydrogens is 418 g/mol. The van der Waals surface area contributed by atoms with Crippen molar-refractivity contribution in [3.63, 3.8) is 0 Å². The number of carbonyl (C=O) groups excluding carboxylic acids is 1. The van der Waals surface area contributed by atoms with Crippen LogP contribution in [0.4, 0.5) is 11.6 Å². The molecular formula is C25H29N5O3. The van der Waals surface area contributed by atoms with E-state index in [1.165, 1.54) is 0 Å². The lowest BCUT2D eigenvalue weighted by atomic mass is 9.92. The number of piperidine rings is 1. The minimum absolute atomic E-state index is 0.171. The second-order valence-corrected chi connectivity index (χ2v) is 8.08. The Morgan fingerprint density at radius 1 is 1.09 bits per heavy atom. The zero-order valence-corrected chi connectivity index (χ0v) is 18.7. The predicted molar refractivity (Wildman–Crippen MR) is 127 cm³/mol. The number of nitrogens with two attached hydrogens (primary N) is 1. The van der Waals surface area contributed by atoms with E-state index in [-0.39, 0.29) is 6.61 Å². The Kier molecular flexibility index (Phi) is 7.36. The molecule has 1 fully saturated rings. The van der Waals surface area contributed by atoms with E-state index in [1.54, 1.807) is 13.3 Å². The third-order valence-electron chi connectivity index (χ3n) is 5.70. The van der Waals surface area contributed by atoms with Crippen LogP contribution in [0.25, 0.3) is 0 Å². The van der Waals surface area contributed by atoms with Gasteiger partial charge in [0.05, 0.1) is 7.11 Å². The van der Waals surface area contributed by atoms with Crippen LogP contribution < -0.4 is 20.5 Å². The fourth-order valence-corrected chi connectivity index (χ4v) is 4.04. The van der Waals surface area contributed by atoms with Gasteiger partial charge in [-0.25, -0.2) is 9.97 Å². The van der Waals surface area contributed by atoms with E-state index in [0.29, 0.717) is 17.4 Å². The average molecular weight is 448 g/mol. The van der Waals surface area contributed by atoms with Crippen LogP contribution in [0.15, 0.2) is 60.8 Å². The molecule has 0 atom stereocenters. The van der Waals surface area contributed by atoms with Gasteiger partial charge in [-0.05, 0) is 67.9 Å². The Hall–Kier alpha value is -3.65. The van der Waals surface area contributed by atoms with Crippen molar-refractivity contribution >= 4 is 17.5 Å². The SMILES string of the molecule is COc1cc(CN2CCC(c3cccc(Nc4ccccn4)n3)CC2)ccc1OCC(N)=O. The molecule has 1 amide bonds. The number of primary amides is 1. The van der Waals surface area contributed by atoms with E-state index in [1.807, 2.05) is 48.5 Å². The molecule has 2 aromatic heterocycles. The maximum absolute atomic E-state index is 11.0. The van der Waals surface area contributed by atoms with Crippen molar-refractivity contribution in [1.29, 1.82) is 0 Å². The minimum Gasteiger partial charge on any atom is -0.493 e. The summed E-state index contributed by atoms with van der Waals surface area (Å²) in [4.78, 5) is 22.5. The highest BCUT2D eigenvalue weighted by Crippen LogP contribution is 2.31. The van der Waals surface area contributed by atoms with Crippen molar-refractivity contribution < 1.29 is 14.3 Å². The van der Waals surface area contributed by atoms with E-state index in [9.17, 15) is 4.79 Å². The quantitative estimate of drug-likeness (QED) is 0.518. The molecule has 0 unspecified atom stereocenters. The standard InChI is InChI=1S/C25H29N5O3/c1-32-22-15-18(8-9-21(22)33-17-23(26)31)16-30-13-10-19(11-14-30)20-5-4-7-25(28-20)29-24-6-2-3-12-27-24/h2-9,12,15,19H,10-11,13-14,16-17H2,1H3,(H2,26,31)(H,27,28,29). The van der Waals surface area contributed by atoms with Crippen LogP contribution in [0, 0.1) is 0 Å². The van der Waals surface area contributed by atoms with E-state index in [4.69, 9.17) is 20.2 Å². The number of amides is 1. The lowest BCUT2D eigenvalue weighted by Crippen LogP contribution is -2.32. The summed E-state index contributed by atoms with van der Waals surface area (Å²) >= 11 is 0. The first-order valence-electron chi connectivity index (χ1n) is 11.1. The number of hydrogen-bond acceptors (Lipinski definition) is 7. The summed E-state index contributed by atoms with van der Waals surface area (Å²) in [7, 11) is 1.59. The first-order valence-corrected chi connectivity index (χ1v) is 11.1. The summed E-state index contributed by atoms with van der Waals surface area (Å²) in [6.07, 6.45) is 3.87. The molecule has 8 heteroatoms. The third kappa shape index (κ3) is 6.20. The van der Waals surface area contributed by atoms with Crippen molar-refractivity contribution in [2.75, 3.05) is 32.1 Å². The number of rotatable bonds is 9. The number of ether oxygens (including phenoxy) is 2. The highest BCUT2D eigenvalue weighted by Gasteiger charge is 2.22. The van der Waals surface area contributed by atoms with Gasteiger partial charge in [0, 0.05) is 24.4 Å². The summed E-state index contributed by atoms with van der Waals surface area (Å²) < 4.78 is 10.8. The highest BCUT2D eigenvalue weighted by atomic mass is 16.5. The third-order valence-corrected chi connectivity index (χ3v) is 5.70. The van der Waals surface area contributed by atoms with Gasteiger partial charge in [-0.15, -0.1) is 0 Å². The van der Waals surface area contributed by atoms with Gasteiger partial charge in [0.2, 0.25) is 0 Å². The minimum atomic E-state index is -0.517. The van der Waals surface area contributed by atoms with Gasteiger partial charge in [0.25, 0.3) is 5.91 Å². The van der Waals surface area contributed by atoms with E-state index in [0.717, 1.165) is 55.4 Å². The molecule has 8 nitrogen and oxygen atoms in total. The molecule has 0 radical (unpaired) electrons. The molecule has 0 aliphatic carbocycles. The molecule has 1 aliphatic rings. The number of benzene rings is 1. The van der Waals surface area contributed by atoms with E-state index >= 15 is 0 Å². The smallest absolute Gasteiger partial charge is 0.255 e. The number of carbonyl (C=O) groups is 1. The van der Waals surface area contributed by atoms with Gasteiger partial charge in [0.15, 0.2) is 18.1 Å². The molecule has 1 saturated heterocycles. The fraction of sp³-hybridized carbons (Fsp3) is 0.320. The molecule has 4 rings (SSSR count). The Bertz CT molecular complexity index is 1070. The number of methoxy groups -OCH3 is 1.